The number of halogens is 2. The van der Waals surface area contributed by atoms with E-state index in [4.69, 9.17) is 0 Å². The summed E-state index contributed by atoms with van der Waals surface area (Å²) in [6.07, 6.45) is 2.15. The van der Waals surface area contributed by atoms with E-state index in [1.165, 1.54) is 23.9 Å². The number of hydrogen-bond acceptors (Lipinski definition) is 2. The van der Waals surface area contributed by atoms with Crippen molar-refractivity contribution in [3.63, 3.8) is 0 Å². The molecule has 0 saturated heterocycles. The summed E-state index contributed by atoms with van der Waals surface area (Å²) < 4.78 is 28.5. The Kier molecular flexibility index (Phi) is 6.01. The first kappa shape index (κ1) is 21.1. The molecule has 0 unspecified atom stereocenters. The van der Waals surface area contributed by atoms with Crippen LogP contribution >= 0.6 is 11.8 Å². The van der Waals surface area contributed by atoms with Crippen molar-refractivity contribution < 1.29 is 8.78 Å². The maximum absolute atomic E-state index is 14.5. The van der Waals surface area contributed by atoms with Crippen LogP contribution in [0.2, 0.25) is 0 Å². The summed E-state index contributed by atoms with van der Waals surface area (Å²) >= 11 is 1.35. The summed E-state index contributed by atoms with van der Waals surface area (Å²) in [6, 6.07) is 34.2. The van der Waals surface area contributed by atoms with Crippen LogP contribution in [0.5, 0.6) is 0 Å². The molecule has 4 heteroatoms. The monoisotopic (exact) mass is 451 g/mol. The number of fused-ring (bicyclic) bond motifs is 1. The lowest BCUT2D eigenvalue weighted by atomic mass is 9.96. The van der Waals surface area contributed by atoms with E-state index in [9.17, 15) is 8.78 Å². The molecule has 33 heavy (non-hydrogen) atoms. The summed E-state index contributed by atoms with van der Waals surface area (Å²) in [4.78, 5) is 5.37. The van der Waals surface area contributed by atoms with Crippen LogP contribution in [-0.2, 0) is 0 Å². The minimum absolute atomic E-state index is 0.0751. The van der Waals surface area contributed by atoms with Gasteiger partial charge in [0.15, 0.2) is 0 Å². The Morgan fingerprint density at radius 2 is 1.33 bits per heavy atom. The number of rotatable bonds is 5. The van der Waals surface area contributed by atoms with Gasteiger partial charge in [-0.3, -0.25) is 0 Å². The predicted molar refractivity (Wildman–Crippen MR) is 132 cm³/mol. The lowest BCUT2D eigenvalue weighted by Crippen LogP contribution is -1.91. The zero-order valence-electron chi connectivity index (χ0n) is 17.6. The molecule has 0 saturated carbocycles. The van der Waals surface area contributed by atoms with Gasteiger partial charge in [-0.1, -0.05) is 90.6 Å². The van der Waals surface area contributed by atoms with Gasteiger partial charge in [-0.2, -0.15) is 0 Å². The molecule has 0 amide bonds. The molecule has 0 aliphatic carbocycles. The third-order valence-electron chi connectivity index (χ3n) is 5.27. The highest BCUT2D eigenvalue weighted by Gasteiger charge is 2.11. The smallest absolute Gasteiger partial charge is 0.138 e. The van der Waals surface area contributed by atoms with Crippen LogP contribution in [0.1, 0.15) is 16.7 Å². The molecule has 1 aromatic heterocycles. The van der Waals surface area contributed by atoms with Gasteiger partial charge in [0.05, 0.1) is 10.9 Å². The number of benzene rings is 4. The van der Waals surface area contributed by atoms with E-state index < -0.39 is 11.6 Å². The van der Waals surface area contributed by atoms with E-state index in [0.29, 0.717) is 10.5 Å². The highest BCUT2D eigenvalue weighted by Crippen LogP contribution is 2.32. The van der Waals surface area contributed by atoms with Gasteiger partial charge in [0, 0.05) is 11.0 Å². The lowest BCUT2D eigenvalue weighted by molar-refractivity contribution is 0.604. The Hall–Kier alpha value is -3.76. The first-order valence-electron chi connectivity index (χ1n) is 10.5. The SMILES string of the molecule is Fc1cccc2nc(Sc3cccc(C=C(c4ccccc4)c4ccccc4)c3)cc(F)c12. The van der Waals surface area contributed by atoms with Crippen LogP contribution in [0.3, 0.4) is 0 Å². The van der Waals surface area contributed by atoms with Crippen molar-refractivity contribution in [2.75, 3.05) is 0 Å². The minimum Gasteiger partial charge on any atom is -0.241 e. The fraction of sp³-hybridized carbons (Fsp3) is 0. The third kappa shape index (κ3) is 4.71. The van der Waals surface area contributed by atoms with Gasteiger partial charge in [-0.15, -0.1) is 0 Å². The van der Waals surface area contributed by atoms with Crippen LogP contribution in [-0.4, -0.2) is 4.98 Å². The molecule has 0 bridgehead atoms. The van der Waals surface area contributed by atoms with Gasteiger partial charge < -0.3 is 0 Å². The van der Waals surface area contributed by atoms with Crippen LogP contribution in [0.4, 0.5) is 8.78 Å². The minimum atomic E-state index is -0.605. The Balaban J connectivity index is 1.51. The largest absolute Gasteiger partial charge is 0.241 e. The van der Waals surface area contributed by atoms with Gasteiger partial charge in [-0.25, -0.2) is 13.8 Å². The second kappa shape index (κ2) is 9.39. The highest BCUT2D eigenvalue weighted by atomic mass is 32.2. The molecule has 0 atom stereocenters. The van der Waals surface area contributed by atoms with Gasteiger partial charge >= 0.3 is 0 Å². The van der Waals surface area contributed by atoms with Crippen LogP contribution in [0, 0.1) is 11.6 Å². The van der Waals surface area contributed by atoms with E-state index in [2.05, 4.69) is 35.3 Å². The molecule has 0 fully saturated rings. The topological polar surface area (TPSA) is 12.9 Å². The molecule has 0 spiro atoms. The molecule has 5 aromatic rings. The van der Waals surface area contributed by atoms with E-state index in [1.807, 2.05) is 60.7 Å². The predicted octanol–water partition coefficient (Wildman–Crippen LogP) is 8.25. The van der Waals surface area contributed by atoms with E-state index in [0.717, 1.165) is 27.2 Å². The third-order valence-corrected chi connectivity index (χ3v) is 6.18. The van der Waals surface area contributed by atoms with Crippen LogP contribution in [0.15, 0.2) is 119 Å². The number of hydrogen-bond donors (Lipinski definition) is 0. The maximum atomic E-state index is 14.5. The Labute approximate surface area is 195 Å². The Morgan fingerprint density at radius 1 is 0.667 bits per heavy atom. The van der Waals surface area contributed by atoms with Crippen LogP contribution in [0.25, 0.3) is 22.6 Å². The molecule has 5 rings (SSSR count). The summed E-state index contributed by atoms with van der Waals surface area (Å²) in [7, 11) is 0. The molecular weight excluding hydrogens is 432 g/mol. The van der Waals surface area contributed by atoms with Crippen molar-refractivity contribution in [3.05, 3.63) is 138 Å². The summed E-state index contributed by atoms with van der Waals surface area (Å²) in [5, 5.41) is 0.409. The molecule has 0 radical (unpaired) electrons. The Bertz CT molecular complexity index is 1410. The Morgan fingerprint density at radius 3 is 2.03 bits per heavy atom. The first-order chi connectivity index (χ1) is 16.2. The molecule has 1 nitrogen and oxygen atoms in total. The molecule has 0 aliphatic heterocycles. The average Bonchev–Trinajstić information content (AvgIpc) is 2.84. The second-order valence-electron chi connectivity index (χ2n) is 7.54. The number of pyridine rings is 1. The summed E-state index contributed by atoms with van der Waals surface area (Å²) in [5.74, 6) is -1.21. The van der Waals surface area contributed by atoms with E-state index in [-0.39, 0.29) is 5.39 Å². The number of nitrogens with zero attached hydrogens (tertiary/aromatic N) is 1. The van der Waals surface area contributed by atoms with Crippen molar-refractivity contribution in [1.29, 1.82) is 0 Å². The fourth-order valence-corrected chi connectivity index (χ4v) is 4.64. The van der Waals surface area contributed by atoms with Crippen molar-refractivity contribution in [2.24, 2.45) is 0 Å². The quantitative estimate of drug-likeness (QED) is 0.250. The molecule has 0 aliphatic rings. The van der Waals surface area contributed by atoms with Crippen molar-refractivity contribution in [2.45, 2.75) is 9.92 Å². The van der Waals surface area contributed by atoms with Gasteiger partial charge in [0.1, 0.15) is 16.7 Å². The zero-order valence-corrected chi connectivity index (χ0v) is 18.4. The fourth-order valence-electron chi connectivity index (χ4n) is 3.75. The standard InChI is InChI=1S/C29H19F2NS/c30-25-15-8-16-27-29(25)26(31)19-28(32-27)33-23-14-7-9-20(17-23)18-24(21-10-3-1-4-11-21)22-12-5-2-6-13-22/h1-19H. The van der Waals surface area contributed by atoms with E-state index in [1.54, 1.807) is 12.1 Å². The zero-order chi connectivity index (χ0) is 22.6. The van der Waals surface area contributed by atoms with Crippen LogP contribution < -0.4 is 0 Å². The molecule has 1 heterocycles. The van der Waals surface area contributed by atoms with Gasteiger partial charge in [0.2, 0.25) is 0 Å². The van der Waals surface area contributed by atoms with E-state index >= 15 is 0 Å². The number of aromatic nitrogens is 1. The van der Waals surface area contributed by atoms with Crippen molar-refractivity contribution in [1.82, 2.24) is 4.98 Å². The van der Waals surface area contributed by atoms with Crippen molar-refractivity contribution >= 4 is 34.3 Å². The van der Waals surface area contributed by atoms with Gasteiger partial charge in [0.25, 0.3) is 0 Å². The first-order valence-corrected chi connectivity index (χ1v) is 11.3. The lowest BCUT2D eigenvalue weighted by Gasteiger charge is -2.10. The average molecular weight is 452 g/mol. The molecular formula is C29H19F2NS. The van der Waals surface area contributed by atoms with Gasteiger partial charge in [-0.05, 0) is 52.6 Å². The maximum Gasteiger partial charge on any atom is 0.138 e. The normalized spacial score (nSPS) is 10.8. The van der Waals surface area contributed by atoms with Crippen molar-refractivity contribution in [3.8, 4) is 0 Å². The molecule has 0 N–H and O–H groups in total. The summed E-state index contributed by atoms with van der Waals surface area (Å²) in [5.41, 5.74) is 4.70. The summed E-state index contributed by atoms with van der Waals surface area (Å²) in [6.45, 7) is 0. The second-order valence-corrected chi connectivity index (χ2v) is 8.63. The highest BCUT2D eigenvalue weighted by molar-refractivity contribution is 7.99. The molecule has 160 valence electrons. The molecule has 4 aromatic carbocycles.